The lowest BCUT2D eigenvalue weighted by Gasteiger charge is -2.10. The maximum atomic E-state index is 5.87. The molecule has 5 rings (SSSR count). The van der Waals surface area contributed by atoms with Crippen LogP contribution in [0.5, 0.6) is 11.5 Å². The van der Waals surface area contributed by atoms with E-state index in [4.69, 9.17) is 9.72 Å². The van der Waals surface area contributed by atoms with Gasteiger partial charge >= 0.3 is 0 Å². The number of para-hydroxylation sites is 1. The van der Waals surface area contributed by atoms with E-state index in [0.29, 0.717) is 17.3 Å². The number of nitrogens with zero attached hydrogens (tertiary/aromatic N) is 5. The van der Waals surface area contributed by atoms with E-state index in [1.54, 1.807) is 6.33 Å². The van der Waals surface area contributed by atoms with Crippen LogP contribution >= 0.6 is 0 Å². The van der Waals surface area contributed by atoms with Crippen molar-refractivity contribution in [2.24, 2.45) is 7.05 Å². The number of H-pyrrole nitrogens is 1. The van der Waals surface area contributed by atoms with Crippen LogP contribution in [0.3, 0.4) is 0 Å². The van der Waals surface area contributed by atoms with E-state index in [1.807, 2.05) is 80.2 Å². The first kappa shape index (κ1) is 18.8. The molecule has 8 nitrogen and oxygen atoms in total. The van der Waals surface area contributed by atoms with Gasteiger partial charge in [0.25, 0.3) is 0 Å². The highest BCUT2D eigenvalue weighted by atomic mass is 16.5. The quantitative estimate of drug-likeness (QED) is 0.427. The van der Waals surface area contributed by atoms with Crippen LogP contribution in [-0.4, -0.2) is 29.7 Å². The van der Waals surface area contributed by atoms with E-state index in [0.717, 1.165) is 39.7 Å². The molecular formula is C23H21N7O. The summed E-state index contributed by atoms with van der Waals surface area (Å²) in [5.41, 5.74) is 5.01. The van der Waals surface area contributed by atoms with Gasteiger partial charge in [0.05, 0.1) is 17.6 Å². The van der Waals surface area contributed by atoms with Crippen LogP contribution in [0, 0.1) is 13.8 Å². The third kappa shape index (κ3) is 3.59. The molecule has 0 amide bonds. The van der Waals surface area contributed by atoms with Gasteiger partial charge in [0.15, 0.2) is 17.3 Å². The molecule has 0 spiro atoms. The highest BCUT2D eigenvalue weighted by Gasteiger charge is 2.18. The van der Waals surface area contributed by atoms with Crippen molar-refractivity contribution >= 4 is 22.7 Å². The molecule has 3 aromatic heterocycles. The van der Waals surface area contributed by atoms with Crippen molar-refractivity contribution in [2.75, 3.05) is 5.32 Å². The number of imidazole rings is 1. The monoisotopic (exact) mass is 411 g/mol. The predicted octanol–water partition coefficient (Wildman–Crippen LogP) is 4.91. The summed E-state index contributed by atoms with van der Waals surface area (Å²) in [4.78, 5) is 16.9. The number of anilines is 2. The van der Waals surface area contributed by atoms with Gasteiger partial charge in [0, 0.05) is 18.4 Å². The van der Waals surface area contributed by atoms with E-state index in [1.165, 1.54) is 0 Å². The average Bonchev–Trinajstić information content (AvgIpc) is 3.34. The molecule has 0 radical (unpaired) electrons. The Morgan fingerprint density at radius 1 is 0.935 bits per heavy atom. The van der Waals surface area contributed by atoms with Gasteiger partial charge in [-0.15, -0.1) is 0 Å². The van der Waals surface area contributed by atoms with Gasteiger partial charge < -0.3 is 15.0 Å². The van der Waals surface area contributed by atoms with Gasteiger partial charge in [0.2, 0.25) is 0 Å². The topological polar surface area (TPSA) is 93.5 Å². The summed E-state index contributed by atoms with van der Waals surface area (Å²) in [6, 6.07) is 17.4. The highest BCUT2D eigenvalue weighted by molar-refractivity contribution is 5.87. The van der Waals surface area contributed by atoms with Crippen LogP contribution in [0.25, 0.3) is 22.6 Å². The second-order valence-electron chi connectivity index (χ2n) is 7.23. The van der Waals surface area contributed by atoms with E-state index in [9.17, 15) is 0 Å². The second kappa shape index (κ2) is 7.56. The Balaban J connectivity index is 1.47. The van der Waals surface area contributed by atoms with Crippen molar-refractivity contribution in [3.63, 3.8) is 0 Å². The first-order chi connectivity index (χ1) is 15.1. The Labute approximate surface area is 179 Å². The van der Waals surface area contributed by atoms with E-state index >= 15 is 0 Å². The van der Waals surface area contributed by atoms with Gasteiger partial charge in [-0.05, 0) is 50.2 Å². The largest absolute Gasteiger partial charge is 0.457 e. The fourth-order valence-electron chi connectivity index (χ4n) is 3.50. The average molecular weight is 411 g/mol. The van der Waals surface area contributed by atoms with Crippen LogP contribution in [0.2, 0.25) is 0 Å². The third-order valence-electron chi connectivity index (χ3n) is 5.11. The summed E-state index contributed by atoms with van der Waals surface area (Å²) in [7, 11) is 1.91. The maximum absolute atomic E-state index is 5.87. The van der Waals surface area contributed by atoms with Crippen molar-refractivity contribution in [3.8, 4) is 22.9 Å². The van der Waals surface area contributed by atoms with Crippen LogP contribution < -0.4 is 10.1 Å². The maximum Gasteiger partial charge on any atom is 0.183 e. The van der Waals surface area contributed by atoms with Gasteiger partial charge in [-0.1, -0.05) is 18.2 Å². The number of aromatic amines is 1. The highest BCUT2D eigenvalue weighted by Crippen LogP contribution is 2.30. The first-order valence-electron chi connectivity index (χ1n) is 9.90. The predicted molar refractivity (Wildman–Crippen MR) is 120 cm³/mol. The minimum Gasteiger partial charge on any atom is -0.457 e. The molecule has 31 heavy (non-hydrogen) atoms. The molecule has 0 aliphatic carbocycles. The van der Waals surface area contributed by atoms with E-state index in [-0.39, 0.29) is 0 Å². The number of nitrogens with one attached hydrogen (secondary N) is 2. The minimum absolute atomic E-state index is 0.592. The molecule has 2 N–H and O–H groups in total. The van der Waals surface area contributed by atoms with Gasteiger partial charge in [0.1, 0.15) is 17.0 Å². The normalized spacial score (nSPS) is 11.1. The van der Waals surface area contributed by atoms with Crippen LogP contribution in [-0.2, 0) is 7.05 Å². The number of aromatic nitrogens is 6. The number of rotatable bonds is 5. The summed E-state index contributed by atoms with van der Waals surface area (Å²) in [5.74, 6) is 2.80. The van der Waals surface area contributed by atoms with Crippen LogP contribution in [0.15, 0.2) is 60.9 Å². The summed E-state index contributed by atoms with van der Waals surface area (Å²) in [6.45, 7) is 3.96. The van der Waals surface area contributed by atoms with Crippen molar-refractivity contribution in [1.82, 2.24) is 29.7 Å². The number of hydrogen-bond acceptors (Lipinski definition) is 6. The number of aryl methyl sites for hydroxylation is 2. The zero-order chi connectivity index (χ0) is 21.4. The molecule has 5 aromatic rings. The number of hydrogen-bond donors (Lipinski definition) is 2. The zero-order valence-electron chi connectivity index (χ0n) is 17.4. The van der Waals surface area contributed by atoms with Crippen LogP contribution in [0.1, 0.15) is 11.4 Å². The van der Waals surface area contributed by atoms with E-state index in [2.05, 4.69) is 25.4 Å². The Morgan fingerprint density at radius 3 is 2.39 bits per heavy atom. The van der Waals surface area contributed by atoms with Crippen LogP contribution in [0.4, 0.5) is 11.5 Å². The lowest BCUT2D eigenvalue weighted by molar-refractivity contribution is 0.483. The molecular weight excluding hydrogens is 390 g/mol. The lowest BCUT2D eigenvalue weighted by atomic mass is 10.2. The smallest absolute Gasteiger partial charge is 0.183 e. The van der Waals surface area contributed by atoms with Crippen molar-refractivity contribution < 1.29 is 4.74 Å². The Kier molecular flexibility index (Phi) is 4.59. The summed E-state index contributed by atoms with van der Waals surface area (Å²) >= 11 is 0. The molecule has 154 valence electrons. The molecule has 0 aliphatic heterocycles. The number of fused-ring (bicyclic) bond motifs is 1. The molecule has 8 heteroatoms. The fourth-order valence-corrected chi connectivity index (χ4v) is 3.50. The Bertz CT molecular complexity index is 1350. The van der Waals surface area contributed by atoms with Gasteiger partial charge in [-0.25, -0.2) is 15.0 Å². The molecule has 0 atom stereocenters. The van der Waals surface area contributed by atoms with Crippen molar-refractivity contribution in [2.45, 2.75) is 13.8 Å². The van der Waals surface area contributed by atoms with Crippen molar-refractivity contribution in [3.05, 3.63) is 72.3 Å². The zero-order valence-corrected chi connectivity index (χ0v) is 17.4. The lowest BCUT2D eigenvalue weighted by Crippen LogP contribution is -2.00. The number of benzene rings is 2. The summed E-state index contributed by atoms with van der Waals surface area (Å²) in [6.07, 6.45) is 1.62. The molecule has 0 saturated heterocycles. The Hall–Kier alpha value is -4.20. The Morgan fingerprint density at radius 2 is 1.68 bits per heavy atom. The first-order valence-corrected chi connectivity index (χ1v) is 9.90. The summed E-state index contributed by atoms with van der Waals surface area (Å²) < 4.78 is 7.70. The second-order valence-corrected chi connectivity index (χ2v) is 7.23. The molecule has 0 aliphatic rings. The van der Waals surface area contributed by atoms with Crippen molar-refractivity contribution in [1.29, 1.82) is 0 Å². The van der Waals surface area contributed by atoms with E-state index < -0.39 is 0 Å². The summed E-state index contributed by atoms with van der Waals surface area (Å²) in [5, 5.41) is 7.86. The molecule has 0 bridgehead atoms. The molecule has 0 saturated carbocycles. The molecule has 0 fully saturated rings. The minimum atomic E-state index is 0.592. The third-order valence-corrected chi connectivity index (χ3v) is 5.11. The molecule has 0 unspecified atom stereocenters. The number of ether oxygens (including phenoxy) is 1. The SMILES string of the molecule is Cc1nn(C)c(C)c1-c1nc(Nc2ccc(Oc3ccccc3)cc2)c2[nH]cnc2n1. The van der Waals surface area contributed by atoms with Gasteiger partial charge in [-0.3, -0.25) is 4.68 Å². The molecule has 2 aromatic carbocycles. The fraction of sp³-hybridized carbons (Fsp3) is 0.130. The standard InChI is InChI=1S/C23H21N7O/c1-14-19(15(2)30(3)29-14)21-27-22-20(24-13-25-22)23(28-21)26-16-9-11-18(12-10-16)31-17-7-5-4-6-8-17/h4-13H,1-3H3,(H2,24,25,26,27,28). The van der Waals surface area contributed by atoms with Gasteiger partial charge in [-0.2, -0.15) is 5.10 Å². The molecule has 3 heterocycles.